The van der Waals surface area contributed by atoms with E-state index >= 15 is 0 Å². The molecule has 1 unspecified atom stereocenters. The van der Waals surface area contributed by atoms with Gasteiger partial charge in [-0.25, -0.2) is 14.2 Å². The number of carboxylic acids is 1. The Bertz CT molecular complexity index is 397. The summed E-state index contributed by atoms with van der Waals surface area (Å²) in [5, 5.41) is 8.72. The maximum atomic E-state index is 13.6. The molecule has 5 nitrogen and oxygen atoms in total. The number of aromatic nitrogens is 1. The molecule has 1 rings (SSSR count). The normalized spacial score (nSPS) is 12.2. The van der Waals surface area contributed by atoms with E-state index in [2.05, 4.69) is 4.98 Å². The van der Waals surface area contributed by atoms with Crippen molar-refractivity contribution in [1.29, 1.82) is 0 Å². The standard InChI is InChI=1S/C11H14FNO4/c1-3-16-6-7(2)17-10-9(12)8(11(14)15)4-5-13-10/h4-5,7H,3,6H2,1-2H3,(H,14,15). The average molecular weight is 243 g/mol. The third-order valence-corrected chi connectivity index (χ3v) is 1.96. The molecule has 0 radical (unpaired) electrons. The molecule has 1 aromatic rings. The molecule has 0 aliphatic carbocycles. The van der Waals surface area contributed by atoms with E-state index in [4.69, 9.17) is 14.6 Å². The van der Waals surface area contributed by atoms with Crippen LogP contribution in [0, 0.1) is 5.82 Å². The highest BCUT2D eigenvalue weighted by Gasteiger charge is 2.17. The van der Waals surface area contributed by atoms with Crippen molar-refractivity contribution in [3.63, 3.8) is 0 Å². The number of nitrogens with zero attached hydrogens (tertiary/aromatic N) is 1. The molecule has 0 saturated heterocycles. The van der Waals surface area contributed by atoms with Crippen LogP contribution in [-0.4, -0.2) is 35.4 Å². The summed E-state index contributed by atoms with van der Waals surface area (Å²) < 4.78 is 23.9. The minimum absolute atomic E-state index is 0.287. The van der Waals surface area contributed by atoms with E-state index in [-0.39, 0.29) is 12.5 Å². The average Bonchev–Trinajstić information content (AvgIpc) is 2.28. The Morgan fingerprint density at radius 2 is 2.35 bits per heavy atom. The lowest BCUT2D eigenvalue weighted by Gasteiger charge is -2.14. The zero-order valence-electron chi connectivity index (χ0n) is 9.64. The second-order valence-corrected chi connectivity index (χ2v) is 3.37. The van der Waals surface area contributed by atoms with E-state index < -0.39 is 23.5 Å². The van der Waals surface area contributed by atoms with Crippen molar-refractivity contribution in [1.82, 2.24) is 4.98 Å². The highest BCUT2D eigenvalue weighted by Crippen LogP contribution is 2.18. The van der Waals surface area contributed by atoms with Gasteiger partial charge in [0.2, 0.25) is 0 Å². The van der Waals surface area contributed by atoms with Crippen molar-refractivity contribution in [3.05, 3.63) is 23.6 Å². The molecule has 94 valence electrons. The summed E-state index contributed by atoms with van der Waals surface area (Å²) in [5.41, 5.74) is -0.460. The van der Waals surface area contributed by atoms with E-state index in [0.29, 0.717) is 6.61 Å². The van der Waals surface area contributed by atoms with Crippen LogP contribution < -0.4 is 4.74 Å². The van der Waals surface area contributed by atoms with Gasteiger partial charge in [-0.3, -0.25) is 0 Å². The quantitative estimate of drug-likeness (QED) is 0.823. The fraction of sp³-hybridized carbons (Fsp3) is 0.455. The van der Waals surface area contributed by atoms with E-state index in [9.17, 15) is 9.18 Å². The highest BCUT2D eigenvalue weighted by molar-refractivity contribution is 5.88. The van der Waals surface area contributed by atoms with Gasteiger partial charge >= 0.3 is 5.97 Å². The van der Waals surface area contributed by atoms with Crippen molar-refractivity contribution in [2.24, 2.45) is 0 Å². The molecular weight excluding hydrogens is 229 g/mol. The Kier molecular flexibility index (Phi) is 4.84. The summed E-state index contributed by atoms with van der Waals surface area (Å²) in [6.45, 7) is 4.33. The van der Waals surface area contributed by atoms with Crippen LogP contribution in [0.25, 0.3) is 0 Å². The third kappa shape index (κ3) is 3.67. The molecule has 0 amide bonds. The van der Waals surface area contributed by atoms with Crippen molar-refractivity contribution in [2.75, 3.05) is 13.2 Å². The fourth-order valence-electron chi connectivity index (χ4n) is 1.18. The largest absolute Gasteiger partial charge is 0.478 e. The van der Waals surface area contributed by atoms with Gasteiger partial charge in [0.1, 0.15) is 11.7 Å². The number of aromatic carboxylic acids is 1. The van der Waals surface area contributed by atoms with Crippen molar-refractivity contribution in [3.8, 4) is 5.88 Å². The Labute approximate surface area is 98.2 Å². The number of hydrogen-bond donors (Lipinski definition) is 1. The smallest absolute Gasteiger partial charge is 0.338 e. The van der Waals surface area contributed by atoms with Crippen LogP contribution >= 0.6 is 0 Å². The summed E-state index contributed by atoms with van der Waals surface area (Å²) in [6, 6.07) is 1.08. The first-order valence-corrected chi connectivity index (χ1v) is 5.18. The van der Waals surface area contributed by atoms with Gasteiger partial charge in [0, 0.05) is 12.8 Å². The molecule has 6 heteroatoms. The van der Waals surface area contributed by atoms with Crippen LogP contribution in [0.3, 0.4) is 0 Å². The first-order chi connectivity index (χ1) is 8.06. The fourth-order valence-corrected chi connectivity index (χ4v) is 1.18. The maximum absolute atomic E-state index is 13.6. The molecule has 0 fully saturated rings. The van der Waals surface area contributed by atoms with E-state index in [1.807, 2.05) is 6.92 Å². The summed E-state index contributed by atoms with van der Waals surface area (Å²) in [7, 11) is 0. The van der Waals surface area contributed by atoms with Gasteiger partial charge in [-0.1, -0.05) is 0 Å². The molecule has 0 spiro atoms. The van der Waals surface area contributed by atoms with Gasteiger partial charge < -0.3 is 14.6 Å². The Balaban J connectivity index is 2.77. The summed E-state index contributed by atoms with van der Waals surface area (Å²) >= 11 is 0. The van der Waals surface area contributed by atoms with Gasteiger partial charge in [-0.2, -0.15) is 0 Å². The van der Waals surface area contributed by atoms with Gasteiger partial charge in [0.25, 0.3) is 5.88 Å². The maximum Gasteiger partial charge on any atom is 0.338 e. The predicted molar refractivity (Wildman–Crippen MR) is 57.7 cm³/mol. The van der Waals surface area contributed by atoms with Gasteiger partial charge in [0.05, 0.1) is 6.61 Å². The lowest BCUT2D eigenvalue weighted by atomic mass is 10.2. The first-order valence-electron chi connectivity index (χ1n) is 5.18. The lowest BCUT2D eigenvalue weighted by Crippen LogP contribution is -2.20. The van der Waals surface area contributed by atoms with Crippen LogP contribution in [0.4, 0.5) is 4.39 Å². The molecule has 0 aliphatic rings. The number of rotatable bonds is 6. The summed E-state index contributed by atoms with van der Waals surface area (Å²) in [5.74, 6) is -2.65. The van der Waals surface area contributed by atoms with E-state index in [1.54, 1.807) is 6.92 Å². The molecule has 0 bridgehead atoms. The van der Waals surface area contributed by atoms with Crippen molar-refractivity contribution < 1.29 is 23.8 Å². The zero-order valence-corrected chi connectivity index (χ0v) is 9.64. The number of hydrogen-bond acceptors (Lipinski definition) is 4. The van der Waals surface area contributed by atoms with E-state index in [1.165, 1.54) is 6.20 Å². The van der Waals surface area contributed by atoms with Crippen molar-refractivity contribution in [2.45, 2.75) is 20.0 Å². The monoisotopic (exact) mass is 243 g/mol. The second-order valence-electron chi connectivity index (χ2n) is 3.37. The highest BCUT2D eigenvalue weighted by atomic mass is 19.1. The third-order valence-electron chi connectivity index (χ3n) is 1.96. The minimum atomic E-state index is -1.35. The molecule has 1 heterocycles. The second kappa shape index (κ2) is 6.15. The first kappa shape index (κ1) is 13.4. The molecule has 0 saturated carbocycles. The SMILES string of the molecule is CCOCC(C)Oc1nccc(C(=O)O)c1F. The van der Waals surface area contributed by atoms with Crippen LogP contribution in [0.5, 0.6) is 5.88 Å². The number of ether oxygens (including phenoxy) is 2. The number of pyridine rings is 1. The molecular formula is C11H14FNO4. The van der Waals surface area contributed by atoms with Crippen LogP contribution in [0.1, 0.15) is 24.2 Å². The molecule has 0 aromatic carbocycles. The Hall–Kier alpha value is -1.69. The Morgan fingerprint density at radius 3 is 2.94 bits per heavy atom. The predicted octanol–water partition coefficient (Wildman–Crippen LogP) is 1.72. The van der Waals surface area contributed by atoms with E-state index in [0.717, 1.165) is 6.07 Å². The summed E-state index contributed by atoms with van der Waals surface area (Å²) in [6.07, 6.45) is 0.788. The molecule has 1 aromatic heterocycles. The molecule has 17 heavy (non-hydrogen) atoms. The van der Waals surface area contributed by atoms with Gasteiger partial charge in [-0.15, -0.1) is 0 Å². The van der Waals surface area contributed by atoms with Crippen LogP contribution in [0.15, 0.2) is 12.3 Å². The van der Waals surface area contributed by atoms with Gasteiger partial charge in [0.15, 0.2) is 5.82 Å². The Morgan fingerprint density at radius 1 is 1.65 bits per heavy atom. The number of carbonyl (C=O) groups is 1. The topological polar surface area (TPSA) is 68.7 Å². The summed E-state index contributed by atoms with van der Waals surface area (Å²) in [4.78, 5) is 14.3. The van der Waals surface area contributed by atoms with Crippen molar-refractivity contribution >= 4 is 5.97 Å². The molecule has 1 atom stereocenters. The minimum Gasteiger partial charge on any atom is -0.478 e. The lowest BCUT2D eigenvalue weighted by molar-refractivity contribution is 0.0599. The number of carboxylic acid groups (broad SMARTS) is 1. The van der Waals surface area contributed by atoms with Crippen LogP contribution in [0.2, 0.25) is 0 Å². The van der Waals surface area contributed by atoms with Crippen LogP contribution in [-0.2, 0) is 4.74 Å². The molecule has 0 aliphatic heterocycles. The van der Waals surface area contributed by atoms with Gasteiger partial charge in [-0.05, 0) is 19.9 Å². The molecule has 1 N–H and O–H groups in total. The zero-order chi connectivity index (χ0) is 12.8. The number of halogens is 1.